The molecule has 1 aliphatic heterocycles. The van der Waals surface area contributed by atoms with E-state index in [0.29, 0.717) is 31.4 Å². The van der Waals surface area contributed by atoms with Crippen LogP contribution in [0.1, 0.15) is 41.4 Å². The minimum absolute atomic E-state index is 0.191. The average Bonchev–Trinajstić information content (AvgIpc) is 3.34. The average molecular weight is 329 g/mol. The first-order chi connectivity index (χ1) is 11.8. The van der Waals surface area contributed by atoms with Crippen LogP contribution in [0.4, 0.5) is 0 Å². The van der Waals surface area contributed by atoms with Crippen LogP contribution in [0.25, 0.3) is 0 Å². The third kappa shape index (κ3) is 3.41. The van der Waals surface area contributed by atoms with Gasteiger partial charge in [-0.25, -0.2) is 4.98 Å². The first-order valence-electron chi connectivity index (χ1n) is 8.22. The summed E-state index contributed by atoms with van der Waals surface area (Å²) in [6.45, 7) is 0.991. The van der Waals surface area contributed by atoms with Gasteiger partial charge in [-0.15, -0.1) is 0 Å². The molecule has 126 valence electrons. The van der Waals surface area contributed by atoms with Gasteiger partial charge in [-0.3, -0.25) is 4.79 Å². The fourth-order valence-electron chi connectivity index (χ4n) is 2.77. The zero-order chi connectivity index (χ0) is 16.4. The highest BCUT2D eigenvalue weighted by atomic mass is 16.5. The molecular weight excluding hydrogens is 310 g/mol. The molecule has 2 aliphatic rings. The van der Waals surface area contributed by atoms with Crippen LogP contribution >= 0.6 is 0 Å². The van der Waals surface area contributed by atoms with Gasteiger partial charge in [0.15, 0.2) is 0 Å². The Labute approximate surface area is 139 Å². The quantitative estimate of drug-likeness (QED) is 0.902. The van der Waals surface area contributed by atoms with Crippen molar-refractivity contribution < 1.29 is 18.8 Å². The minimum atomic E-state index is -0.292. The number of nitrogens with one attached hydrogen (secondary N) is 1. The van der Waals surface area contributed by atoms with Crippen molar-refractivity contribution in [2.24, 2.45) is 0 Å². The number of carbonyl (C=O) groups is 1. The summed E-state index contributed by atoms with van der Waals surface area (Å²) in [5, 5.41) is 6.90. The Hall–Kier alpha value is -2.41. The standard InChI is InChI=1S/C17H19N3O4/c21-17(15-9-12(20-24-15)11-4-5-11)19-13-10-22-8-6-14(13)23-16-3-1-2-7-18-16/h1-3,7,9,11,13-14H,4-6,8,10H2,(H,19,21)/t13-,14-/m1/s1. The van der Waals surface area contributed by atoms with Gasteiger partial charge in [-0.2, -0.15) is 0 Å². The van der Waals surface area contributed by atoms with Gasteiger partial charge in [-0.1, -0.05) is 11.2 Å². The van der Waals surface area contributed by atoms with Gasteiger partial charge in [0.25, 0.3) is 5.91 Å². The summed E-state index contributed by atoms with van der Waals surface area (Å²) in [4.78, 5) is 16.6. The highest BCUT2D eigenvalue weighted by Crippen LogP contribution is 2.39. The molecule has 24 heavy (non-hydrogen) atoms. The molecule has 0 bridgehead atoms. The number of amides is 1. The molecule has 0 aromatic carbocycles. The Morgan fingerprint density at radius 1 is 1.29 bits per heavy atom. The molecule has 2 aromatic rings. The summed E-state index contributed by atoms with van der Waals surface area (Å²) < 4.78 is 16.6. The maximum Gasteiger partial charge on any atom is 0.290 e. The number of aromatic nitrogens is 2. The predicted octanol–water partition coefficient (Wildman–Crippen LogP) is 1.91. The van der Waals surface area contributed by atoms with Crippen molar-refractivity contribution >= 4 is 5.91 Å². The number of pyridine rings is 1. The van der Waals surface area contributed by atoms with Gasteiger partial charge in [0.1, 0.15) is 6.10 Å². The maximum absolute atomic E-state index is 12.4. The topological polar surface area (TPSA) is 86.5 Å². The van der Waals surface area contributed by atoms with E-state index in [1.54, 1.807) is 18.3 Å². The fourth-order valence-corrected chi connectivity index (χ4v) is 2.77. The van der Waals surface area contributed by atoms with E-state index in [1.165, 1.54) is 0 Å². The van der Waals surface area contributed by atoms with Crippen LogP contribution in [0.15, 0.2) is 35.0 Å². The number of hydrogen-bond acceptors (Lipinski definition) is 6. The van der Waals surface area contributed by atoms with Crippen molar-refractivity contribution in [3.63, 3.8) is 0 Å². The molecule has 1 amide bonds. The van der Waals surface area contributed by atoms with E-state index in [1.807, 2.05) is 12.1 Å². The molecule has 0 radical (unpaired) electrons. The normalized spacial score (nSPS) is 23.7. The number of hydrogen-bond donors (Lipinski definition) is 1. The van der Waals surface area contributed by atoms with Gasteiger partial charge < -0.3 is 19.3 Å². The Bertz CT molecular complexity index is 699. The van der Waals surface area contributed by atoms with E-state index < -0.39 is 0 Å². The van der Waals surface area contributed by atoms with Crippen molar-refractivity contribution in [1.82, 2.24) is 15.5 Å². The summed E-state index contributed by atoms with van der Waals surface area (Å²) in [6.07, 6.45) is 4.40. The van der Waals surface area contributed by atoms with E-state index in [9.17, 15) is 4.79 Å². The van der Waals surface area contributed by atoms with E-state index >= 15 is 0 Å². The Balaban J connectivity index is 1.41. The Morgan fingerprint density at radius 3 is 3.00 bits per heavy atom. The molecule has 3 heterocycles. The molecule has 4 rings (SSSR count). The van der Waals surface area contributed by atoms with Gasteiger partial charge in [0, 0.05) is 30.7 Å². The first kappa shape index (κ1) is 15.1. The third-order valence-electron chi connectivity index (χ3n) is 4.27. The molecular formula is C17H19N3O4. The molecule has 1 saturated heterocycles. The van der Waals surface area contributed by atoms with Crippen molar-refractivity contribution in [3.05, 3.63) is 41.9 Å². The smallest absolute Gasteiger partial charge is 0.290 e. The zero-order valence-corrected chi connectivity index (χ0v) is 13.2. The highest BCUT2D eigenvalue weighted by molar-refractivity contribution is 5.91. The lowest BCUT2D eigenvalue weighted by molar-refractivity contribution is -0.00488. The fraction of sp³-hybridized carbons (Fsp3) is 0.471. The lowest BCUT2D eigenvalue weighted by Gasteiger charge is -2.31. The molecule has 2 fully saturated rings. The van der Waals surface area contributed by atoms with Crippen molar-refractivity contribution in [3.8, 4) is 5.88 Å². The van der Waals surface area contributed by atoms with Crippen LogP contribution in [0.3, 0.4) is 0 Å². The summed E-state index contributed by atoms with van der Waals surface area (Å²) in [6, 6.07) is 6.96. The largest absolute Gasteiger partial charge is 0.472 e. The van der Waals surface area contributed by atoms with Crippen molar-refractivity contribution in [2.45, 2.75) is 37.3 Å². The van der Waals surface area contributed by atoms with Crippen LogP contribution in [-0.4, -0.2) is 41.4 Å². The number of ether oxygens (including phenoxy) is 2. The molecule has 1 N–H and O–H groups in total. The zero-order valence-electron chi connectivity index (χ0n) is 13.2. The SMILES string of the molecule is O=C(N[C@@H]1COCC[C@H]1Oc1ccccn1)c1cc(C2CC2)no1. The molecule has 0 unspecified atom stereocenters. The minimum Gasteiger partial charge on any atom is -0.472 e. The van der Waals surface area contributed by atoms with E-state index in [0.717, 1.165) is 18.5 Å². The van der Waals surface area contributed by atoms with E-state index in [4.69, 9.17) is 14.0 Å². The lowest BCUT2D eigenvalue weighted by Crippen LogP contribution is -2.51. The first-order valence-corrected chi connectivity index (χ1v) is 8.22. The summed E-state index contributed by atoms with van der Waals surface area (Å²) in [7, 11) is 0. The second kappa shape index (κ2) is 6.60. The Kier molecular flexibility index (Phi) is 4.17. The molecule has 1 aliphatic carbocycles. The van der Waals surface area contributed by atoms with E-state index in [-0.39, 0.29) is 23.8 Å². The van der Waals surface area contributed by atoms with Crippen molar-refractivity contribution in [2.75, 3.05) is 13.2 Å². The summed E-state index contributed by atoms with van der Waals surface area (Å²) in [5.41, 5.74) is 0.862. The molecule has 1 saturated carbocycles. The predicted molar refractivity (Wildman–Crippen MR) is 83.8 cm³/mol. The molecule has 2 atom stereocenters. The number of rotatable bonds is 5. The molecule has 7 heteroatoms. The molecule has 7 nitrogen and oxygen atoms in total. The number of nitrogens with zero attached hydrogens (tertiary/aromatic N) is 2. The van der Waals surface area contributed by atoms with E-state index in [2.05, 4.69) is 15.5 Å². The Morgan fingerprint density at radius 2 is 2.21 bits per heavy atom. The van der Waals surface area contributed by atoms with Gasteiger partial charge in [-0.05, 0) is 18.9 Å². The second-order valence-corrected chi connectivity index (χ2v) is 6.16. The van der Waals surface area contributed by atoms with Crippen LogP contribution in [-0.2, 0) is 4.74 Å². The summed E-state index contributed by atoms with van der Waals surface area (Å²) in [5.74, 6) is 0.937. The monoisotopic (exact) mass is 329 g/mol. The van der Waals surface area contributed by atoms with Gasteiger partial charge in [0.2, 0.25) is 11.6 Å². The van der Waals surface area contributed by atoms with Crippen LogP contribution in [0, 0.1) is 0 Å². The second-order valence-electron chi connectivity index (χ2n) is 6.16. The van der Waals surface area contributed by atoms with Crippen LogP contribution in [0.5, 0.6) is 5.88 Å². The van der Waals surface area contributed by atoms with Gasteiger partial charge >= 0.3 is 0 Å². The van der Waals surface area contributed by atoms with Gasteiger partial charge in [0.05, 0.1) is 24.9 Å². The van der Waals surface area contributed by atoms with Crippen molar-refractivity contribution in [1.29, 1.82) is 0 Å². The summed E-state index contributed by atoms with van der Waals surface area (Å²) >= 11 is 0. The molecule has 2 aromatic heterocycles. The van der Waals surface area contributed by atoms with Crippen LogP contribution in [0.2, 0.25) is 0 Å². The lowest BCUT2D eigenvalue weighted by atomic mass is 10.1. The maximum atomic E-state index is 12.4. The highest BCUT2D eigenvalue weighted by Gasteiger charge is 2.32. The molecule has 0 spiro atoms. The third-order valence-corrected chi connectivity index (χ3v) is 4.27. The van der Waals surface area contributed by atoms with Crippen LogP contribution < -0.4 is 10.1 Å². The number of carbonyl (C=O) groups excluding carboxylic acids is 1.